The lowest BCUT2D eigenvalue weighted by atomic mass is 9.97. The molecule has 4 heterocycles. The minimum Gasteiger partial charge on any atom is -0.379 e. The highest BCUT2D eigenvalue weighted by molar-refractivity contribution is 5.90. The van der Waals surface area contributed by atoms with Gasteiger partial charge >= 0.3 is 0 Å². The maximum Gasteiger partial charge on any atom is 0.125 e. The fourth-order valence-corrected chi connectivity index (χ4v) is 3.47. The van der Waals surface area contributed by atoms with Crippen molar-refractivity contribution in [3.8, 4) is 0 Å². The lowest BCUT2D eigenvalue weighted by Gasteiger charge is -2.29. The molecule has 1 saturated heterocycles. The summed E-state index contributed by atoms with van der Waals surface area (Å²) < 4.78 is 0. The van der Waals surface area contributed by atoms with Crippen molar-refractivity contribution in [2.24, 2.45) is 5.92 Å². The smallest absolute Gasteiger partial charge is 0.125 e. The summed E-state index contributed by atoms with van der Waals surface area (Å²) in [5.41, 5.74) is 3.23. The maximum absolute atomic E-state index is 4.56. The molecule has 1 fully saturated rings. The zero-order valence-electron chi connectivity index (χ0n) is 15.2. The second kappa shape index (κ2) is 7.74. The zero-order valence-corrected chi connectivity index (χ0v) is 15.2. The number of fused-ring (bicyclic) bond motifs is 1. The summed E-state index contributed by atoms with van der Waals surface area (Å²) in [6.07, 6.45) is 10.1. The van der Waals surface area contributed by atoms with E-state index in [1.54, 1.807) is 0 Å². The molecule has 0 aliphatic carbocycles. The van der Waals surface area contributed by atoms with Gasteiger partial charge in [0.1, 0.15) is 5.82 Å². The lowest BCUT2D eigenvalue weighted by molar-refractivity contribution is 0.226. The highest BCUT2D eigenvalue weighted by atomic mass is 15.1. The molecule has 1 aliphatic heterocycles. The predicted molar refractivity (Wildman–Crippen MR) is 106 cm³/mol. The number of pyridine rings is 2. The van der Waals surface area contributed by atoms with Gasteiger partial charge in [0.15, 0.2) is 0 Å². The van der Waals surface area contributed by atoms with Gasteiger partial charge in [0.2, 0.25) is 0 Å². The number of H-pyrrole nitrogens is 1. The Morgan fingerprint density at radius 1 is 1.12 bits per heavy atom. The van der Waals surface area contributed by atoms with Crippen LogP contribution in [0.4, 0.5) is 11.5 Å². The van der Waals surface area contributed by atoms with E-state index in [4.69, 9.17) is 0 Å². The molecule has 6 heteroatoms. The first-order valence-electron chi connectivity index (χ1n) is 9.30. The van der Waals surface area contributed by atoms with E-state index in [-0.39, 0.29) is 0 Å². The summed E-state index contributed by atoms with van der Waals surface area (Å²) in [5.74, 6) is 1.71. The van der Waals surface area contributed by atoms with Gasteiger partial charge in [-0.1, -0.05) is 6.07 Å². The zero-order chi connectivity index (χ0) is 17.8. The molecule has 3 N–H and O–H groups in total. The molecule has 0 spiro atoms. The highest BCUT2D eigenvalue weighted by Crippen LogP contribution is 2.21. The Labute approximate surface area is 154 Å². The summed E-state index contributed by atoms with van der Waals surface area (Å²) in [6, 6.07) is 6.26. The Morgan fingerprint density at radius 2 is 2.00 bits per heavy atom. The number of nitrogens with zero attached hydrogens (tertiary/aromatic N) is 3. The summed E-state index contributed by atoms with van der Waals surface area (Å²) in [7, 11) is 2.20. The third-order valence-electron chi connectivity index (χ3n) is 5.19. The van der Waals surface area contributed by atoms with Crippen molar-refractivity contribution in [2.45, 2.75) is 19.4 Å². The molecule has 0 aromatic carbocycles. The molecule has 0 bridgehead atoms. The van der Waals surface area contributed by atoms with Gasteiger partial charge in [0.25, 0.3) is 0 Å². The summed E-state index contributed by atoms with van der Waals surface area (Å²) in [6.45, 7) is 4.15. The molecular formula is C20H26N6. The van der Waals surface area contributed by atoms with Crippen LogP contribution in [-0.4, -0.2) is 46.5 Å². The Morgan fingerprint density at radius 3 is 2.81 bits per heavy atom. The SMILES string of the molecule is CN1CCC(CNc2ccc(CNc3cncc4[nH]ccc34)cn2)CC1. The number of aromatic amines is 1. The van der Waals surface area contributed by atoms with Crippen LogP contribution in [0, 0.1) is 5.92 Å². The van der Waals surface area contributed by atoms with Crippen LogP contribution in [-0.2, 0) is 6.54 Å². The topological polar surface area (TPSA) is 68.9 Å². The van der Waals surface area contributed by atoms with Crippen LogP contribution in [0.15, 0.2) is 43.0 Å². The van der Waals surface area contributed by atoms with Crippen LogP contribution >= 0.6 is 0 Å². The van der Waals surface area contributed by atoms with E-state index >= 15 is 0 Å². The van der Waals surface area contributed by atoms with Crippen molar-refractivity contribution in [3.05, 3.63) is 48.5 Å². The largest absolute Gasteiger partial charge is 0.379 e. The molecule has 26 heavy (non-hydrogen) atoms. The standard InChI is InChI=1S/C20H26N6/c1-26-8-5-15(6-9-26)10-24-20-3-2-16(12-25-20)11-23-19-14-21-13-18-17(19)4-7-22-18/h2-4,7,12-15,22-23H,5-6,8-11H2,1H3,(H,24,25). The second-order valence-electron chi connectivity index (χ2n) is 7.16. The molecule has 4 rings (SSSR count). The molecular weight excluding hydrogens is 324 g/mol. The van der Waals surface area contributed by atoms with E-state index in [0.29, 0.717) is 0 Å². The van der Waals surface area contributed by atoms with Gasteiger partial charge in [-0.3, -0.25) is 4.98 Å². The average Bonchev–Trinajstić information content (AvgIpc) is 3.16. The van der Waals surface area contributed by atoms with E-state index < -0.39 is 0 Å². The monoisotopic (exact) mass is 350 g/mol. The van der Waals surface area contributed by atoms with E-state index in [0.717, 1.165) is 47.0 Å². The van der Waals surface area contributed by atoms with Crippen molar-refractivity contribution in [1.82, 2.24) is 19.9 Å². The van der Waals surface area contributed by atoms with E-state index in [1.165, 1.54) is 25.9 Å². The third-order valence-corrected chi connectivity index (χ3v) is 5.19. The van der Waals surface area contributed by atoms with Crippen molar-refractivity contribution in [1.29, 1.82) is 0 Å². The van der Waals surface area contributed by atoms with Crippen molar-refractivity contribution in [3.63, 3.8) is 0 Å². The Hall–Kier alpha value is -2.60. The summed E-state index contributed by atoms with van der Waals surface area (Å²) in [5, 5.41) is 8.09. The van der Waals surface area contributed by atoms with Crippen molar-refractivity contribution < 1.29 is 0 Å². The number of hydrogen-bond acceptors (Lipinski definition) is 5. The Kier molecular flexibility index (Phi) is 5.02. The fourth-order valence-electron chi connectivity index (χ4n) is 3.47. The lowest BCUT2D eigenvalue weighted by Crippen LogP contribution is -2.33. The highest BCUT2D eigenvalue weighted by Gasteiger charge is 2.16. The Bertz CT molecular complexity index is 833. The minimum atomic E-state index is 0.730. The average molecular weight is 350 g/mol. The van der Waals surface area contributed by atoms with Gasteiger partial charge in [-0.15, -0.1) is 0 Å². The van der Waals surface area contributed by atoms with E-state index in [1.807, 2.05) is 24.8 Å². The third kappa shape index (κ3) is 3.96. The summed E-state index contributed by atoms with van der Waals surface area (Å²) >= 11 is 0. The van der Waals surface area contributed by atoms with Crippen LogP contribution in [0.5, 0.6) is 0 Å². The van der Waals surface area contributed by atoms with Gasteiger partial charge in [-0.05, 0) is 56.6 Å². The van der Waals surface area contributed by atoms with Crippen LogP contribution in [0.25, 0.3) is 10.9 Å². The minimum absolute atomic E-state index is 0.730. The molecule has 1 aliphatic rings. The normalized spacial score (nSPS) is 16.0. The van der Waals surface area contributed by atoms with Crippen molar-refractivity contribution in [2.75, 3.05) is 37.3 Å². The first kappa shape index (κ1) is 16.8. The molecule has 3 aromatic rings. The first-order chi connectivity index (χ1) is 12.8. The molecule has 136 valence electrons. The van der Waals surface area contributed by atoms with Crippen LogP contribution in [0.2, 0.25) is 0 Å². The van der Waals surface area contributed by atoms with Gasteiger partial charge < -0.3 is 20.5 Å². The number of piperidine rings is 1. The number of hydrogen-bond donors (Lipinski definition) is 3. The molecule has 0 unspecified atom stereocenters. The van der Waals surface area contributed by atoms with Crippen LogP contribution < -0.4 is 10.6 Å². The summed E-state index contributed by atoms with van der Waals surface area (Å²) in [4.78, 5) is 14.4. The number of likely N-dealkylation sites (tertiary alicyclic amines) is 1. The number of anilines is 2. The predicted octanol–water partition coefficient (Wildman–Crippen LogP) is 3.32. The first-order valence-corrected chi connectivity index (χ1v) is 9.30. The molecule has 6 nitrogen and oxygen atoms in total. The molecule has 3 aromatic heterocycles. The van der Waals surface area contributed by atoms with Crippen LogP contribution in [0.1, 0.15) is 18.4 Å². The van der Waals surface area contributed by atoms with Gasteiger partial charge in [0.05, 0.1) is 23.6 Å². The van der Waals surface area contributed by atoms with Gasteiger partial charge in [0, 0.05) is 30.9 Å². The number of nitrogens with one attached hydrogen (secondary N) is 3. The molecule has 0 saturated carbocycles. The molecule has 0 amide bonds. The van der Waals surface area contributed by atoms with E-state index in [2.05, 4.69) is 55.7 Å². The van der Waals surface area contributed by atoms with Crippen LogP contribution in [0.3, 0.4) is 0 Å². The number of rotatable bonds is 6. The van der Waals surface area contributed by atoms with Crippen molar-refractivity contribution >= 4 is 22.4 Å². The molecule has 0 radical (unpaired) electrons. The van der Waals surface area contributed by atoms with Gasteiger partial charge in [-0.2, -0.15) is 0 Å². The Balaban J connectivity index is 1.29. The molecule has 0 atom stereocenters. The maximum atomic E-state index is 4.56. The van der Waals surface area contributed by atoms with Gasteiger partial charge in [-0.25, -0.2) is 4.98 Å². The van der Waals surface area contributed by atoms with E-state index in [9.17, 15) is 0 Å². The fraction of sp³-hybridized carbons (Fsp3) is 0.400. The second-order valence-corrected chi connectivity index (χ2v) is 7.16. The number of aromatic nitrogens is 3. The quantitative estimate of drug-likeness (QED) is 0.636.